The molecule has 0 aliphatic carbocycles. The standard InChI is InChI=1S/C27H37Cl2N3O7S/c1-19(33)27(34)30-6-8-37-10-12-39-13-11-38-9-7-31-40(35,36)22-5-3-4-20(14-22)24-17-32(2)18-25-23(24)15-21(28)16-26(25)29/h3-5,14-16,19,24,31,33H,6-13,17-18H2,1-2H3,(H,30,34). The molecular weight excluding hydrogens is 581 g/mol. The second-order valence-corrected chi connectivity index (χ2v) is 12.1. The van der Waals surface area contributed by atoms with Crippen LogP contribution in [-0.4, -0.2) is 96.8 Å². The number of fused-ring (bicyclic) bond motifs is 1. The second-order valence-electron chi connectivity index (χ2n) is 9.48. The van der Waals surface area contributed by atoms with Gasteiger partial charge in [0.25, 0.3) is 0 Å². The molecule has 2 aromatic carbocycles. The van der Waals surface area contributed by atoms with E-state index in [4.69, 9.17) is 42.5 Å². The number of benzene rings is 2. The first-order valence-corrected chi connectivity index (χ1v) is 15.3. The molecule has 0 fully saturated rings. The highest BCUT2D eigenvalue weighted by molar-refractivity contribution is 7.89. The van der Waals surface area contributed by atoms with Crippen LogP contribution in [-0.2, 0) is 35.6 Å². The molecule has 2 atom stereocenters. The van der Waals surface area contributed by atoms with Crippen molar-refractivity contribution in [1.29, 1.82) is 0 Å². The summed E-state index contributed by atoms with van der Waals surface area (Å²) in [5.74, 6) is -0.507. The number of aliphatic hydroxyl groups is 1. The summed E-state index contributed by atoms with van der Waals surface area (Å²) in [7, 11) is -1.73. The number of likely N-dealkylation sites (N-methyl/N-ethyl adjacent to an activating group) is 1. The van der Waals surface area contributed by atoms with Crippen LogP contribution in [0.2, 0.25) is 10.0 Å². The van der Waals surface area contributed by atoms with Gasteiger partial charge in [0.15, 0.2) is 0 Å². The molecule has 2 aromatic rings. The quantitative estimate of drug-likeness (QED) is 0.245. The van der Waals surface area contributed by atoms with Crippen LogP contribution in [0.3, 0.4) is 0 Å². The summed E-state index contributed by atoms with van der Waals surface area (Å²) in [5.41, 5.74) is 2.89. The maximum Gasteiger partial charge on any atom is 0.248 e. The lowest BCUT2D eigenvalue weighted by Crippen LogP contribution is -2.34. The second kappa shape index (κ2) is 16.0. The van der Waals surface area contributed by atoms with E-state index in [1.54, 1.807) is 24.3 Å². The van der Waals surface area contributed by atoms with Gasteiger partial charge in [-0.2, -0.15) is 0 Å². The van der Waals surface area contributed by atoms with Crippen molar-refractivity contribution in [3.05, 3.63) is 63.1 Å². The number of ether oxygens (including phenoxy) is 3. The molecule has 2 unspecified atom stereocenters. The molecule has 3 N–H and O–H groups in total. The lowest BCUT2D eigenvalue weighted by Gasteiger charge is -2.33. The van der Waals surface area contributed by atoms with Gasteiger partial charge in [-0.15, -0.1) is 0 Å². The number of hydrogen-bond acceptors (Lipinski definition) is 8. The molecule has 1 aliphatic heterocycles. The molecule has 0 saturated carbocycles. The summed E-state index contributed by atoms with van der Waals surface area (Å²) in [4.78, 5) is 13.5. The van der Waals surface area contributed by atoms with E-state index in [2.05, 4.69) is 14.9 Å². The van der Waals surface area contributed by atoms with Crippen LogP contribution in [0.4, 0.5) is 0 Å². The molecule has 0 bridgehead atoms. The van der Waals surface area contributed by atoms with Crippen LogP contribution in [0.1, 0.15) is 29.5 Å². The van der Waals surface area contributed by atoms with Gasteiger partial charge < -0.3 is 29.5 Å². The predicted octanol–water partition coefficient (Wildman–Crippen LogP) is 2.40. The van der Waals surface area contributed by atoms with Crippen LogP contribution in [0.5, 0.6) is 0 Å². The van der Waals surface area contributed by atoms with Crippen molar-refractivity contribution in [3.63, 3.8) is 0 Å². The lowest BCUT2D eigenvalue weighted by atomic mass is 9.85. The van der Waals surface area contributed by atoms with Gasteiger partial charge >= 0.3 is 0 Å². The van der Waals surface area contributed by atoms with E-state index in [1.165, 1.54) is 6.92 Å². The van der Waals surface area contributed by atoms with E-state index >= 15 is 0 Å². The number of halogens is 2. The molecule has 0 radical (unpaired) electrons. The highest BCUT2D eigenvalue weighted by atomic mass is 35.5. The van der Waals surface area contributed by atoms with E-state index in [0.717, 1.165) is 16.7 Å². The first-order valence-electron chi connectivity index (χ1n) is 13.0. The third-order valence-electron chi connectivity index (χ3n) is 6.27. The molecule has 0 spiro atoms. The van der Waals surface area contributed by atoms with Gasteiger partial charge in [0.05, 0.1) is 44.5 Å². The maximum atomic E-state index is 12.9. The zero-order chi connectivity index (χ0) is 29.1. The van der Waals surface area contributed by atoms with Crippen LogP contribution in [0.15, 0.2) is 41.3 Å². The minimum Gasteiger partial charge on any atom is -0.384 e. The first kappa shape index (κ1) is 32.7. The Labute approximate surface area is 245 Å². The Morgan fingerprint density at radius 3 is 2.38 bits per heavy atom. The number of nitrogens with zero attached hydrogens (tertiary/aromatic N) is 1. The molecule has 10 nitrogen and oxygen atoms in total. The van der Waals surface area contributed by atoms with Crippen LogP contribution in [0, 0.1) is 0 Å². The Kier molecular flexibility index (Phi) is 13.1. The van der Waals surface area contributed by atoms with Crippen LogP contribution >= 0.6 is 23.2 Å². The van der Waals surface area contributed by atoms with E-state index in [-0.39, 0.29) is 24.0 Å². The summed E-state index contributed by atoms with van der Waals surface area (Å²) in [6, 6.07) is 10.6. The van der Waals surface area contributed by atoms with Crippen molar-refractivity contribution in [2.24, 2.45) is 0 Å². The Morgan fingerprint density at radius 2 is 1.70 bits per heavy atom. The summed E-state index contributed by atoms with van der Waals surface area (Å²) in [5, 5.41) is 12.8. The molecule has 1 aliphatic rings. The summed E-state index contributed by atoms with van der Waals surface area (Å²) in [6.07, 6.45) is -1.04. The SMILES string of the molecule is CC(O)C(=O)NCCOCCOCCOCCNS(=O)(=O)c1cccc(C2CN(C)Cc3c(Cl)cc(Cl)cc32)c1. The number of aliphatic hydroxyl groups excluding tert-OH is 1. The van der Waals surface area contributed by atoms with E-state index in [1.807, 2.05) is 19.2 Å². The number of carbonyl (C=O) groups is 1. The highest BCUT2D eigenvalue weighted by Crippen LogP contribution is 2.38. The van der Waals surface area contributed by atoms with Crippen molar-refractivity contribution in [1.82, 2.24) is 14.9 Å². The smallest absolute Gasteiger partial charge is 0.248 e. The monoisotopic (exact) mass is 617 g/mol. The molecule has 40 heavy (non-hydrogen) atoms. The van der Waals surface area contributed by atoms with E-state index in [9.17, 15) is 13.2 Å². The Morgan fingerprint density at radius 1 is 1.05 bits per heavy atom. The zero-order valence-corrected chi connectivity index (χ0v) is 25.0. The van der Waals surface area contributed by atoms with Gasteiger partial charge in [-0.25, -0.2) is 13.1 Å². The first-order chi connectivity index (χ1) is 19.1. The summed E-state index contributed by atoms with van der Waals surface area (Å²) in [6.45, 7) is 5.10. The fourth-order valence-corrected chi connectivity index (χ4v) is 5.93. The summed E-state index contributed by atoms with van der Waals surface area (Å²) < 4.78 is 44.6. The molecule has 13 heteroatoms. The van der Waals surface area contributed by atoms with Gasteiger partial charge in [-0.3, -0.25) is 4.79 Å². The van der Waals surface area contributed by atoms with Crippen molar-refractivity contribution in [3.8, 4) is 0 Å². The van der Waals surface area contributed by atoms with Crippen LogP contribution < -0.4 is 10.0 Å². The maximum absolute atomic E-state index is 12.9. The molecule has 0 aromatic heterocycles. The number of nitrogens with one attached hydrogen (secondary N) is 2. The molecular formula is C27H37Cl2N3O7S. The minimum absolute atomic E-state index is 0.0650. The number of sulfonamides is 1. The Bertz CT molecular complexity index is 1230. The molecule has 1 heterocycles. The Balaban J connectivity index is 1.38. The normalized spacial score (nSPS) is 16.5. The molecule has 3 rings (SSSR count). The van der Waals surface area contributed by atoms with Gasteiger partial charge in [-0.1, -0.05) is 35.3 Å². The summed E-state index contributed by atoms with van der Waals surface area (Å²) >= 11 is 12.8. The molecule has 222 valence electrons. The molecule has 1 amide bonds. The van der Waals surface area contributed by atoms with Gasteiger partial charge in [0, 0.05) is 42.1 Å². The Hall–Kier alpha value is -1.80. The van der Waals surface area contributed by atoms with Gasteiger partial charge in [-0.05, 0) is 54.9 Å². The van der Waals surface area contributed by atoms with E-state index < -0.39 is 22.0 Å². The number of hydrogen-bond donors (Lipinski definition) is 3. The fraction of sp³-hybridized carbons (Fsp3) is 0.519. The zero-order valence-electron chi connectivity index (χ0n) is 22.7. The van der Waals surface area contributed by atoms with E-state index in [0.29, 0.717) is 62.7 Å². The van der Waals surface area contributed by atoms with Crippen molar-refractivity contribution >= 4 is 39.1 Å². The van der Waals surface area contributed by atoms with Gasteiger partial charge in [0.2, 0.25) is 15.9 Å². The topological polar surface area (TPSA) is 126 Å². The van der Waals surface area contributed by atoms with Crippen molar-refractivity contribution in [2.45, 2.75) is 30.4 Å². The largest absolute Gasteiger partial charge is 0.384 e. The van der Waals surface area contributed by atoms with Gasteiger partial charge in [0.1, 0.15) is 6.10 Å². The number of carbonyl (C=O) groups excluding carboxylic acids is 1. The average molecular weight is 619 g/mol. The number of amides is 1. The predicted molar refractivity (Wildman–Crippen MR) is 153 cm³/mol. The van der Waals surface area contributed by atoms with Crippen molar-refractivity contribution < 1.29 is 32.5 Å². The average Bonchev–Trinajstić information content (AvgIpc) is 2.91. The minimum atomic E-state index is -3.74. The lowest BCUT2D eigenvalue weighted by molar-refractivity contribution is -0.128. The highest BCUT2D eigenvalue weighted by Gasteiger charge is 2.28. The fourth-order valence-electron chi connectivity index (χ4n) is 4.30. The van der Waals surface area contributed by atoms with Crippen molar-refractivity contribution in [2.75, 3.05) is 66.3 Å². The third kappa shape index (κ3) is 9.93. The third-order valence-corrected chi connectivity index (χ3v) is 8.28. The molecule has 0 saturated heterocycles. The number of rotatable bonds is 16. The van der Waals surface area contributed by atoms with Crippen LogP contribution in [0.25, 0.3) is 0 Å².